The zero-order valence-corrected chi connectivity index (χ0v) is 17.5. The Balaban J connectivity index is 1.70. The second kappa shape index (κ2) is 9.26. The van der Waals surface area contributed by atoms with Crippen molar-refractivity contribution in [2.24, 2.45) is 0 Å². The van der Waals surface area contributed by atoms with E-state index in [1.807, 2.05) is 36.4 Å². The maximum absolute atomic E-state index is 12.5. The van der Waals surface area contributed by atoms with E-state index in [0.29, 0.717) is 10.9 Å². The average molecular weight is 398 g/mol. The quantitative estimate of drug-likeness (QED) is 0.731. The first-order valence-corrected chi connectivity index (χ1v) is 10.1. The third-order valence-electron chi connectivity index (χ3n) is 5.09. The van der Waals surface area contributed by atoms with Crippen LogP contribution in [0.3, 0.4) is 0 Å². The fourth-order valence-corrected chi connectivity index (χ4v) is 3.44. The summed E-state index contributed by atoms with van der Waals surface area (Å²) < 4.78 is 0. The molecule has 148 valence electrons. The Labute approximate surface area is 172 Å². The van der Waals surface area contributed by atoms with Gasteiger partial charge in [0.2, 0.25) is 5.91 Å². The Bertz CT molecular complexity index is 837. The highest BCUT2D eigenvalue weighted by Gasteiger charge is 2.18. The van der Waals surface area contributed by atoms with Crippen LogP contribution in [0.15, 0.2) is 48.5 Å². The molecule has 0 unspecified atom stereocenters. The van der Waals surface area contributed by atoms with Gasteiger partial charge in [-0.05, 0) is 48.4 Å². The lowest BCUT2D eigenvalue weighted by Crippen LogP contribution is -2.44. The van der Waals surface area contributed by atoms with E-state index in [-0.39, 0.29) is 5.91 Å². The van der Waals surface area contributed by atoms with E-state index < -0.39 is 0 Å². The molecule has 1 aliphatic rings. The average Bonchev–Trinajstić information content (AvgIpc) is 2.68. The van der Waals surface area contributed by atoms with Crippen molar-refractivity contribution in [3.05, 3.63) is 64.7 Å². The van der Waals surface area contributed by atoms with Gasteiger partial charge >= 0.3 is 0 Å². The maximum Gasteiger partial charge on any atom is 0.248 e. The van der Waals surface area contributed by atoms with Crippen LogP contribution in [0.1, 0.15) is 30.9 Å². The maximum atomic E-state index is 12.5. The van der Waals surface area contributed by atoms with Crippen LogP contribution < -0.4 is 10.2 Å². The minimum atomic E-state index is -0.161. The molecular weight excluding hydrogens is 370 g/mol. The van der Waals surface area contributed by atoms with Crippen LogP contribution in [0.4, 0.5) is 11.4 Å². The van der Waals surface area contributed by atoms with Gasteiger partial charge in [0.05, 0.1) is 11.4 Å². The van der Waals surface area contributed by atoms with Crippen LogP contribution in [-0.4, -0.2) is 44.0 Å². The van der Waals surface area contributed by atoms with Gasteiger partial charge in [-0.25, -0.2) is 0 Å². The fraction of sp³-hybridized carbons (Fsp3) is 0.348. The molecular formula is C23H28ClN3O. The molecule has 0 spiro atoms. The fourth-order valence-electron chi connectivity index (χ4n) is 3.27. The van der Waals surface area contributed by atoms with Crippen molar-refractivity contribution in [1.82, 2.24) is 4.90 Å². The summed E-state index contributed by atoms with van der Waals surface area (Å²) in [6.07, 6.45) is 3.40. The molecule has 28 heavy (non-hydrogen) atoms. The number of rotatable bonds is 5. The van der Waals surface area contributed by atoms with Crippen LogP contribution in [-0.2, 0) is 4.79 Å². The van der Waals surface area contributed by atoms with Gasteiger partial charge in [0, 0.05) is 37.3 Å². The Morgan fingerprint density at radius 2 is 1.75 bits per heavy atom. The first kappa shape index (κ1) is 20.4. The van der Waals surface area contributed by atoms with Gasteiger partial charge in [-0.2, -0.15) is 0 Å². The van der Waals surface area contributed by atoms with Crippen molar-refractivity contribution in [1.29, 1.82) is 0 Å². The second-order valence-electron chi connectivity index (χ2n) is 7.60. The summed E-state index contributed by atoms with van der Waals surface area (Å²) in [5, 5.41) is 3.61. The van der Waals surface area contributed by atoms with E-state index in [4.69, 9.17) is 11.6 Å². The highest BCUT2D eigenvalue weighted by atomic mass is 35.5. The molecule has 4 nitrogen and oxygen atoms in total. The number of amides is 1. The molecule has 2 aromatic rings. The lowest BCUT2D eigenvalue weighted by Gasteiger charge is -2.35. The molecule has 0 radical (unpaired) electrons. The van der Waals surface area contributed by atoms with Crippen molar-refractivity contribution in [2.45, 2.75) is 19.8 Å². The summed E-state index contributed by atoms with van der Waals surface area (Å²) in [6, 6.07) is 13.9. The van der Waals surface area contributed by atoms with Gasteiger partial charge in [-0.3, -0.25) is 4.79 Å². The van der Waals surface area contributed by atoms with Crippen molar-refractivity contribution >= 4 is 35.0 Å². The van der Waals surface area contributed by atoms with E-state index in [9.17, 15) is 4.79 Å². The molecule has 0 atom stereocenters. The zero-order valence-electron chi connectivity index (χ0n) is 16.8. The second-order valence-corrected chi connectivity index (χ2v) is 8.03. The molecule has 5 heteroatoms. The molecule has 2 aromatic carbocycles. The molecule has 0 aromatic heterocycles. The summed E-state index contributed by atoms with van der Waals surface area (Å²) in [5.41, 5.74) is 4.06. The van der Waals surface area contributed by atoms with Crippen LogP contribution in [0.2, 0.25) is 5.02 Å². The normalized spacial score (nSPS) is 15.4. The molecule has 1 aliphatic heterocycles. The topological polar surface area (TPSA) is 35.6 Å². The molecule has 0 saturated carbocycles. The van der Waals surface area contributed by atoms with E-state index in [1.165, 1.54) is 5.56 Å². The highest BCUT2D eigenvalue weighted by Crippen LogP contribution is 2.30. The zero-order chi connectivity index (χ0) is 20.1. The summed E-state index contributed by atoms with van der Waals surface area (Å²) in [7, 11) is 2.13. The number of benzene rings is 2. The monoisotopic (exact) mass is 397 g/mol. The Morgan fingerprint density at radius 1 is 1.07 bits per heavy atom. The van der Waals surface area contributed by atoms with Gasteiger partial charge in [0.15, 0.2) is 0 Å². The Hall–Kier alpha value is -2.30. The van der Waals surface area contributed by atoms with Crippen LogP contribution in [0.5, 0.6) is 0 Å². The summed E-state index contributed by atoms with van der Waals surface area (Å²) in [4.78, 5) is 17.1. The first-order valence-electron chi connectivity index (χ1n) is 9.74. The number of hydrogen-bond donors (Lipinski definition) is 1. The molecule has 1 N–H and O–H groups in total. The molecule has 1 fully saturated rings. The van der Waals surface area contributed by atoms with E-state index >= 15 is 0 Å². The number of carbonyl (C=O) groups is 1. The third-order valence-corrected chi connectivity index (χ3v) is 5.33. The summed E-state index contributed by atoms with van der Waals surface area (Å²) >= 11 is 6.18. The summed E-state index contributed by atoms with van der Waals surface area (Å²) in [6.45, 7) is 8.20. The predicted octanol–water partition coefficient (Wildman–Crippen LogP) is 4.87. The largest absolute Gasteiger partial charge is 0.367 e. The predicted molar refractivity (Wildman–Crippen MR) is 119 cm³/mol. The van der Waals surface area contributed by atoms with Crippen molar-refractivity contribution in [2.75, 3.05) is 43.4 Å². The van der Waals surface area contributed by atoms with E-state index in [0.717, 1.165) is 43.1 Å². The standard InChI is InChI=1S/C23H28ClN3O/c1-17(2)19-7-4-18(5-8-19)6-11-23(28)25-21-16-20(24)9-10-22(21)27-14-12-26(3)13-15-27/h4-11,16-17H,12-15H2,1-3H3,(H,25,28)/b11-6+. The van der Waals surface area contributed by atoms with Gasteiger partial charge in [0.1, 0.15) is 0 Å². The van der Waals surface area contributed by atoms with E-state index in [1.54, 1.807) is 6.08 Å². The van der Waals surface area contributed by atoms with Crippen LogP contribution >= 0.6 is 11.6 Å². The lowest BCUT2D eigenvalue weighted by molar-refractivity contribution is -0.111. The first-order chi connectivity index (χ1) is 13.4. The van der Waals surface area contributed by atoms with Gasteiger partial charge in [0.25, 0.3) is 0 Å². The number of piperazine rings is 1. The number of hydrogen-bond acceptors (Lipinski definition) is 3. The molecule has 0 aliphatic carbocycles. The highest BCUT2D eigenvalue weighted by molar-refractivity contribution is 6.31. The van der Waals surface area contributed by atoms with Gasteiger partial charge in [-0.15, -0.1) is 0 Å². The van der Waals surface area contributed by atoms with Crippen molar-refractivity contribution in [3.8, 4) is 0 Å². The van der Waals surface area contributed by atoms with Crippen molar-refractivity contribution in [3.63, 3.8) is 0 Å². The number of likely N-dealkylation sites (N-methyl/N-ethyl adjacent to an activating group) is 1. The number of nitrogens with zero attached hydrogens (tertiary/aromatic N) is 2. The molecule has 1 amide bonds. The van der Waals surface area contributed by atoms with Gasteiger partial charge in [-0.1, -0.05) is 49.7 Å². The van der Waals surface area contributed by atoms with E-state index in [2.05, 4.69) is 48.1 Å². The number of anilines is 2. The van der Waals surface area contributed by atoms with Crippen LogP contribution in [0, 0.1) is 0 Å². The van der Waals surface area contributed by atoms with Crippen LogP contribution in [0.25, 0.3) is 6.08 Å². The minimum Gasteiger partial charge on any atom is -0.367 e. The lowest BCUT2D eigenvalue weighted by atomic mass is 10.0. The Kier molecular flexibility index (Phi) is 6.76. The summed E-state index contributed by atoms with van der Waals surface area (Å²) in [5.74, 6) is 0.336. The SMILES string of the molecule is CC(C)c1ccc(/C=C/C(=O)Nc2cc(Cl)ccc2N2CCN(C)CC2)cc1. The van der Waals surface area contributed by atoms with Gasteiger partial charge < -0.3 is 15.1 Å². The number of nitrogens with one attached hydrogen (secondary N) is 1. The molecule has 3 rings (SSSR count). The Morgan fingerprint density at radius 3 is 2.39 bits per heavy atom. The number of halogens is 1. The molecule has 1 saturated heterocycles. The minimum absolute atomic E-state index is 0.161. The molecule has 1 heterocycles. The smallest absolute Gasteiger partial charge is 0.248 e. The molecule has 0 bridgehead atoms. The van der Waals surface area contributed by atoms with Crippen molar-refractivity contribution < 1.29 is 4.79 Å². The third kappa shape index (κ3) is 5.37. The number of carbonyl (C=O) groups excluding carboxylic acids is 1.